The van der Waals surface area contributed by atoms with Crippen LogP contribution in [0.15, 0.2) is 25.3 Å². The van der Waals surface area contributed by atoms with Crippen LogP contribution < -0.4 is 0 Å². The van der Waals surface area contributed by atoms with Gasteiger partial charge in [0.1, 0.15) is 0 Å². The summed E-state index contributed by atoms with van der Waals surface area (Å²) in [5, 5.41) is 0. The summed E-state index contributed by atoms with van der Waals surface area (Å²) in [5.74, 6) is 2.77. The summed E-state index contributed by atoms with van der Waals surface area (Å²) in [6, 6.07) is 0. The van der Waals surface area contributed by atoms with Crippen LogP contribution in [0.5, 0.6) is 0 Å². The second-order valence-corrected chi connectivity index (χ2v) is 6.40. The molecular formula is C18H30O. The van der Waals surface area contributed by atoms with Gasteiger partial charge in [0.25, 0.3) is 0 Å². The van der Waals surface area contributed by atoms with Crippen molar-refractivity contribution < 1.29 is 4.74 Å². The minimum Gasteiger partial charge on any atom is -0.378 e. The molecule has 2 aliphatic carbocycles. The van der Waals surface area contributed by atoms with Crippen molar-refractivity contribution in [1.82, 2.24) is 0 Å². The zero-order valence-electron chi connectivity index (χ0n) is 12.4. The molecule has 2 rings (SSSR count). The van der Waals surface area contributed by atoms with Gasteiger partial charge in [0.2, 0.25) is 0 Å². The van der Waals surface area contributed by atoms with Crippen molar-refractivity contribution in [3.05, 3.63) is 25.3 Å². The van der Waals surface area contributed by atoms with Gasteiger partial charge in [-0.05, 0) is 75.5 Å². The van der Waals surface area contributed by atoms with Crippen molar-refractivity contribution in [2.45, 2.75) is 63.9 Å². The van der Waals surface area contributed by atoms with E-state index in [1.807, 2.05) is 6.08 Å². The van der Waals surface area contributed by atoms with Crippen molar-refractivity contribution in [2.75, 3.05) is 6.61 Å². The Bertz CT molecular complexity index is 267. The van der Waals surface area contributed by atoms with Crippen molar-refractivity contribution in [3.8, 4) is 0 Å². The average molecular weight is 262 g/mol. The fraction of sp³-hybridized carbons (Fsp3) is 0.778. The molecule has 0 bridgehead atoms. The van der Waals surface area contributed by atoms with E-state index in [1.54, 1.807) is 0 Å². The first-order valence-corrected chi connectivity index (χ1v) is 8.18. The Hall–Kier alpha value is -0.560. The second kappa shape index (κ2) is 7.89. The third kappa shape index (κ3) is 4.49. The molecule has 2 aliphatic rings. The highest BCUT2D eigenvalue weighted by Crippen LogP contribution is 2.40. The van der Waals surface area contributed by atoms with E-state index in [1.165, 1.54) is 51.4 Å². The number of allylic oxidation sites excluding steroid dienone is 1. The molecule has 0 saturated heterocycles. The van der Waals surface area contributed by atoms with E-state index in [0.717, 1.165) is 30.8 Å². The van der Waals surface area contributed by atoms with Crippen LogP contribution in [-0.4, -0.2) is 12.7 Å². The Labute approximate surface area is 119 Å². The molecule has 19 heavy (non-hydrogen) atoms. The van der Waals surface area contributed by atoms with Gasteiger partial charge in [0.15, 0.2) is 0 Å². The predicted molar refractivity (Wildman–Crippen MR) is 82.2 cm³/mol. The summed E-state index contributed by atoms with van der Waals surface area (Å²) < 4.78 is 5.91. The fourth-order valence-corrected chi connectivity index (χ4v) is 3.90. The molecule has 0 spiro atoms. The van der Waals surface area contributed by atoms with Crippen molar-refractivity contribution >= 4 is 0 Å². The molecule has 0 aromatic carbocycles. The Morgan fingerprint density at radius 1 is 0.842 bits per heavy atom. The molecule has 108 valence electrons. The highest BCUT2D eigenvalue weighted by molar-refractivity contribution is 4.87. The smallest absolute Gasteiger partial charge is 0.0575 e. The van der Waals surface area contributed by atoms with Crippen molar-refractivity contribution in [2.24, 2.45) is 17.8 Å². The van der Waals surface area contributed by atoms with Crippen LogP contribution in [0.1, 0.15) is 57.8 Å². The topological polar surface area (TPSA) is 9.23 Å². The maximum atomic E-state index is 5.91. The SMILES string of the molecule is C=CCCOC1CCC(C2CCC(C=C)CC2)CC1. The van der Waals surface area contributed by atoms with Crippen LogP contribution in [-0.2, 0) is 4.74 Å². The predicted octanol–water partition coefficient (Wildman–Crippen LogP) is 5.13. The van der Waals surface area contributed by atoms with Crippen LogP contribution in [0.4, 0.5) is 0 Å². The minimum atomic E-state index is 0.528. The van der Waals surface area contributed by atoms with Gasteiger partial charge in [-0.15, -0.1) is 13.2 Å². The largest absolute Gasteiger partial charge is 0.378 e. The van der Waals surface area contributed by atoms with Crippen LogP contribution >= 0.6 is 0 Å². The lowest BCUT2D eigenvalue weighted by Crippen LogP contribution is -2.28. The molecule has 0 N–H and O–H groups in total. The third-order valence-electron chi connectivity index (χ3n) is 5.21. The minimum absolute atomic E-state index is 0.528. The highest BCUT2D eigenvalue weighted by atomic mass is 16.5. The molecule has 2 fully saturated rings. The summed E-state index contributed by atoms with van der Waals surface area (Å²) in [4.78, 5) is 0. The first kappa shape index (κ1) is 14.8. The van der Waals surface area contributed by atoms with Gasteiger partial charge < -0.3 is 4.74 Å². The summed E-state index contributed by atoms with van der Waals surface area (Å²) in [5.41, 5.74) is 0. The number of ether oxygens (including phenoxy) is 1. The number of hydrogen-bond donors (Lipinski definition) is 0. The second-order valence-electron chi connectivity index (χ2n) is 6.40. The van der Waals surface area contributed by atoms with E-state index in [9.17, 15) is 0 Å². The zero-order chi connectivity index (χ0) is 13.5. The normalized spacial score (nSPS) is 35.8. The number of hydrogen-bond acceptors (Lipinski definition) is 1. The highest BCUT2D eigenvalue weighted by Gasteiger charge is 2.30. The fourth-order valence-electron chi connectivity index (χ4n) is 3.90. The molecule has 0 unspecified atom stereocenters. The zero-order valence-corrected chi connectivity index (χ0v) is 12.4. The maximum absolute atomic E-state index is 5.91. The molecule has 0 atom stereocenters. The molecule has 0 amide bonds. The molecule has 0 aromatic rings. The van der Waals surface area contributed by atoms with Crippen LogP contribution in [0.2, 0.25) is 0 Å². The Morgan fingerprint density at radius 2 is 1.42 bits per heavy atom. The number of rotatable bonds is 6. The summed E-state index contributed by atoms with van der Waals surface area (Å²) in [6.45, 7) is 8.55. The van der Waals surface area contributed by atoms with E-state index in [-0.39, 0.29) is 0 Å². The maximum Gasteiger partial charge on any atom is 0.0575 e. The molecule has 0 radical (unpaired) electrons. The van der Waals surface area contributed by atoms with E-state index in [2.05, 4.69) is 19.2 Å². The summed E-state index contributed by atoms with van der Waals surface area (Å²) in [7, 11) is 0. The molecule has 1 heteroatoms. The molecule has 1 nitrogen and oxygen atoms in total. The van der Waals surface area contributed by atoms with Crippen LogP contribution in [0.3, 0.4) is 0 Å². The van der Waals surface area contributed by atoms with E-state index >= 15 is 0 Å². The van der Waals surface area contributed by atoms with Gasteiger partial charge in [-0.1, -0.05) is 12.2 Å². The average Bonchev–Trinajstić information content (AvgIpc) is 2.48. The van der Waals surface area contributed by atoms with E-state index < -0.39 is 0 Å². The van der Waals surface area contributed by atoms with Gasteiger partial charge in [-0.3, -0.25) is 0 Å². The first-order chi connectivity index (χ1) is 9.33. The van der Waals surface area contributed by atoms with Gasteiger partial charge >= 0.3 is 0 Å². The third-order valence-corrected chi connectivity index (χ3v) is 5.21. The van der Waals surface area contributed by atoms with Gasteiger partial charge in [0, 0.05) is 0 Å². The van der Waals surface area contributed by atoms with Crippen molar-refractivity contribution in [1.29, 1.82) is 0 Å². The molecule has 0 aliphatic heterocycles. The Kier molecular flexibility index (Phi) is 6.16. The molecule has 0 heterocycles. The van der Waals surface area contributed by atoms with Crippen molar-refractivity contribution in [3.63, 3.8) is 0 Å². The van der Waals surface area contributed by atoms with Gasteiger partial charge in [0.05, 0.1) is 12.7 Å². The lowest BCUT2D eigenvalue weighted by molar-refractivity contribution is 0.00985. The van der Waals surface area contributed by atoms with Gasteiger partial charge in [-0.25, -0.2) is 0 Å². The first-order valence-electron chi connectivity index (χ1n) is 8.18. The Balaban J connectivity index is 1.66. The summed E-state index contributed by atoms with van der Waals surface area (Å²) >= 11 is 0. The van der Waals surface area contributed by atoms with Crippen LogP contribution in [0.25, 0.3) is 0 Å². The quantitative estimate of drug-likeness (QED) is 0.476. The molecule has 2 saturated carbocycles. The van der Waals surface area contributed by atoms with E-state index in [0.29, 0.717) is 6.10 Å². The molecule has 0 aromatic heterocycles. The van der Waals surface area contributed by atoms with E-state index in [4.69, 9.17) is 4.74 Å². The standard InChI is InChI=1S/C18H30O/c1-3-5-14-19-18-12-10-17(11-13-18)16-8-6-15(4-2)7-9-16/h3-4,15-18H,1-2,5-14H2. The lowest BCUT2D eigenvalue weighted by Gasteiger charge is -2.37. The van der Waals surface area contributed by atoms with Crippen LogP contribution in [0, 0.1) is 17.8 Å². The molecular weight excluding hydrogens is 232 g/mol. The summed E-state index contributed by atoms with van der Waals surface area (Å²) in [6.07, 6.45) is 16.6. The monoisotopic (exact) mass is 262 g/mol. The Morgan fingerprint density at radius 3 is 1.95 bits per heavy atom. The lowest BCUT2D eigenvalue weighted by atomic mass is 9.70. The van der Waals surface area contributed by atoms with Gasteiger partial charge in [-0.2, -0.15) is 0 Å².